The minimum atomic E-state index is -0.870. The van der Waals surface area contributed by atoms with E-state index in [4.69, 9.17) is 20.3 Å². The SMILES string of the molecule is CC1(C)OB(c2ccc(C[C@H](NC(=O)c3ccc(C#N)cc3)C(N)=O)cc2)OC1(C)C. The van der Waals surface area contributed by atoms with Gasteiger partial charge in [-0.2, -0.15) is 5.26 Å². The number of carbonyl (C=O) groups excluding carboxylic acids is 2. The van der Waals surface area contributed by atoms with Gasteiger partial charge in [0.05, 0.1) is 22.8 Å². The van der Waals surface area contributed by atoms with Crippen LogP contribution in [0.25, 0.3) is 0 Å². The fraction of sp³-hybridized carbons (Fsp3) is 0.348. The molecule has 1 aliphatic rings. The summed E-state index contributed by atoms with van der Waals surface area (Å²) in [5.74, 6) is -1.06. The van der Waals surface area contributed by atoms with Gasteiger partial charge in [-0.05, 0) is 63.0 Å². The van der Waals surface area contributed by atoms with Crippen LogP contribution in [0, 0.1) is 11.3 Å². The van der Waals surface area contributed by atoms with E-state index in [1.807, 2.05) is 58.0 Å². The molecule has 0 radical (unpaired) electrons. The first kappa shape index (κ1) is 22.5. The number of nitriles is 1. The van der Waals surface area contributed by atoms with E-state index < -0.39 is 36.2 Å². The molecular formula is C23H26BN3O4. The third-order valence-electron chi connectivity index (χ3n) is 5.87. The van der Waals surface area contributed by atoms with Crippen LogP contribution in [0.15, 0.2) is 48.5 Å². The fourth-order valence-electron chi connectivity index (χ4n) is 3.19. The highest BCUT2D eigenvalue weighted by Gasteiger charge is 2.51. The number of rotatable bonds is 6. The van der Waals surface area contributed by atoms with Crippen LogP contribution in [0.3, 0.4) is 0 Å². The van der Waals surface area contributed by atoms with Crippen molar-refractivity contribution in [1.29, 1.82) is 5.26 Å². The van der Waals surface area contributed by atoms with Crippen molar-refractivity contribution >= 4 is 24.4 Å². The van der Waals surface area contributed by atoms with Gasteiger partial charge in [0.2, 0.25) is 5.91 Å². The second kappa shape index (κ2) is 8.54. The van der Waals surface area contributed by atoms with Crippen LogP contribution in [0.1, 0.15) is 49.2 Å². The Morgan fingerprint density at radius 3 is 2.06 bits per heavy atom. The lowest BCUT2D eigenvalue weighted by Crippen LogP contribution is -2.45. The summed E-state index contributed by atoms with van der Waals surface area (Å²) in [6.07, 6.45) is 0.251. The summed E-state index contributed by atoms with van der Waals surface area (Å²) in [6.45, 7) is 7.98. The highest BCUT2D eigenvalue weighted by molar-refractivity contribution is 6.62. The van der Waals surface area contributed by atoms with Crippen molar-refractivity contribution in [1.82, 2.24) is 5.32 Å². The standard InChI is InChI=1S/C23H26BN3O4/c1-22(2)23(3,4)31-24(30-22)18-11-7-15(8-12-18)13-19(20(26)28)27-21(29)17-9-5-16(14-25)6-10-17/h5-12,19H,13H2,1-4H3,(H2,26,28)(H,27,29)/t19-/m0/s1. The average Bonchev–Trinajstić information content (AvgIpc) is 2.95. The van der Waals surface area contributed by atoms with Crippen LogP contribution >= 0.6 is 0 Å². The molecule has 3 N–H and O–H groups in total. The van der Waals surface area contributed by atoms with Crippen LogP contribution in [0.5, 0.6) is 0 Å². The molecule has 0 aliphatic carbocycles. The van der Waals surface area contributed by atoms with E-state index in [0.29, 0.717) is 11.1 Å². The molecule has 2 aromatic rings. The molecule has 1 heterocycles. The smallest absolute Gasteiger partial charge is 0.399 e. The zero-order chi connectivity index (χ0) is 22.8. The highest BCUT2D eigenvalue weighted by atomic mass is 16.7. The normalized spacial score (nSPS) is 17.6. The van der Waals surface area contributed by atoms with Gasteiger partial charge in [0.15, 0.2) is 0 Å². The van der Waals surface area contributed by atoms with Gasteiger partial charge in [0.1, 0.15) is 6.04 Å². The van der Waals surface area contributed by atoms with Crippen molar-refractivity contribution in [2.45, 2.75) is 51.4 Å². The first-order valence-corrected chi connectivity index (χ1v) is 10.1. The van der Waals surface area contributed by atoms with E-state index in [9.17, 15) is 9.59 Å². The summed E-state index contributed by atoms with van der Waals surface area (Å²) in [5.41, 5.74) is 7.16. The van der Waals surface area contributed by atoms with Crippen LogP contribution in [0.4, 0.5) is 0 Å². The van der Waals surface area contributed by atoms with E-state index in [1.54, 1.807) is 12.1 Å². The third-order valence-corrected chi connectivity index (χ3v) is 5.87. The van der Waals surface area contributed by atoms with Gasteiger partial charge in [0, 0.05) is 12.0 Å². The maximum Gasteiger partial charge on any atom is 0.494 e. The molecule has 0 spiro atoms. The predicted octanol–water partition coefficient (Wildman–Crippen LogP) is 1.68. The number of carbonyl (C=O) groups is 2. The largest absolute Gasteiger partial charge is 0.494 e. The number of benzene rings is 2. The molecule has 0 aromatic heterocycles. The lowest BCUT2D eigenvalue weighted by molar-refractivity contribution is -0.119. The average molecular weight is 419 g/mol. The van der Waals surface area contributed by atoms with Gasteiger partial charge in [-0.25, -0.2) is 0 Å². The predicted molar refractivity (Wildman–Crippen MR) is 117 cm³/mol. The van der Waals surface area contributed by atoms with Crippen molar-refractivity contribution in [2.24, 2.45) is 5.73 Å². The van der Waals surface area contributed by atoms with Gasteiger partial charge >= 0.3 is 7.12 Å². The Hall–Kier alpha value is -3.15. The quantitative estimate of drug-likeness (QED) is 0.692. The Balaban J connectivity index is 1.67. The molecule has 1 aliphatic heterocycles. The van der Waals surface area contributed by atoms with E-state index in [-0.39, 0.29) is 6.42 Å². The summed E-state index contributed by atoms with van der Waals surface area (Å²) in [6, 6.07) is 14.8. The Bertz CT molecular complexity index is 995. The molecular weight excluding hydrogens is 393 g/mol. The monoisotopic (exact) mass is 419 g/mol. The van der Waals surface area contributed by atoms with Crippen LogP contribution in [-0.2, 0) is 20.5 Å². The Labute approximate surface area is 182 Å². The van der Waals surface area contributed by atoms with Crippen LogP contribution in [0.2, 0.25) is 0 Å². The summed E-state index contributed by atoms with van der Waals surface area (Å²) in [5, 5.41) is 11.5. The van der Waals surface area contributed by atoms with E-state index in [0.717, 1.165) is 11.0 Å². The molecule has 160 valence electrons. The third kappa shape index (κ3) is 4.96. The number of nitrogens with one attached hydrogen (secondary N) is 1. The van der Waals surface area contributed by atoms with E-state index in [1.165, 1.54) is 12.1 Å². The minimum Gasteiger partial charge on any atom is -0.399 e. The van der Waals surface area contributed by atoms with Gasteiger partial charge < -0.3 is 20.4 Å². The molecule has 0 unspecified atom stereocenters. The van der Waals surface area contributed by atoms with Gasteiger partial charge in [0.25, 0.3) is 5.91 Å². The topological polar surface area (TPSA) is 114 Å². The minimum absolute atomic E-state index is 0.251. The summed E-state index contributed by atoms with van der Waals surface area (Å²) in [7, 11) is -0.470. The van der Waals surface area contributed by atoms with Gasteiger partial charge in [-0.3, -0.25) is 9.59 Å². The fourth-order valence-corrected chi connectivity index (χ4v) is 3.19. The van der Waals surface area contributed by atoms with Crippen molar-refractivity contribution in [3.63, 3.8) is 0 Å². The first-order chi connectivity index (χ1) is 14.5. The van der Waals surface area contributed by atoms with Crippen molar-refractivity contribution in [3.05, 3.63) is 65.2 Å². The van der Waals surface area contributed by atoms with Crippen LogP contribution < -0.4 is 16.5 Å². The lowest BCUT2D eigenvalue weighted by Gasteiger charge is -2.32. The highest BCUT2D eigenvalue weighted by Crippen LogP contribution is 2.36. The summed E-state index contributed by atoms with van der Waals surface area (Å²) in [4.78, 5) is 24.4. The maximum atomic E-state index is 12.5. The summed E-state index contributed by atoms with van der Waals surface area (Å²) >= 11 is 0. The number of hydrogen-bond donors (Lipinski definition) is 2. The van der Waals surface area contributed by atoms with Crippen molar-refractivity contribution in [2.75, 3.05) is 0 Å². The molecule has 0 bridgehead atoms. The molecule has 1 fully saturated rings. The molecule has 7 nitrogen and oxygen atoms in total. The van der Waals surface area contributed by atoms with Crippen molar-refractivity contribution < 1.29 is 18.9 Å². The van der Waals surface area contributed by atoms with Crippen LogP contribution in [-0.4, -0.2) is 36.2 Å². The zero-order valence-corrected chi connectivity index (χ0v) is 18.1. The van der Waals surface area contributed by atoms with Gasteiger partial charge in [-0.15, -0.1) is 0 Å². The maximum absolute atomic E-state index is 12.5. The number of amides is 2. The summed E-state index contributed by atoms with van der Waals surface area (Å²) < 4.78 is 12.1. The molecule has 1 atom stereocenters. The van der Waals surface area contributed by atoms with E-state index in [2.05, 4.69) is 5.32 Å². The second-order valence-corrected chi connectivity index (χ2v) is 8.65. The van der Waals surface area contributed by atoms with E-state index >= 15 is 0 Å². The molecule has 2 amide bonds. The second-order valence-electron chi connectivity index (χ2n) is 8.65. The molecule has 31 heavy (non-hydrogen) atoms. The Kier molecular flexibility index (Phi) is 6.21. The number of nitrogens with zero attached hydrogens (tertiary/aromatic N) is 1. The molecule has 0 saturated carbocycles. The number of nitrogens with two attached hydrogens (primary N) is 1. The number of primary amides is 1. The Morgan fingerprint density at radius 1 is 1.03 bits per heavy atom. The van der Waals surface area contributed by atoms with Crippen molar-refractivity contribution in [3.8, 4) is 6.07 Å². The number of hydrogen-bond acceptors (Lipinski definition) is 5. The molecule has 8 heteroatoms. The Morgan fingerprint density at radius 2 is 1.58 bits per heavy atom. The van der Waals surface area contributed by atoms with Gasteiger partial charge in [-0.1, -0.05) is 24.3 Å². The molecule has 1 saturated heterocycles. The zero-order valence-electron chi connectivity index (χ0n) is 18.1. The lowest BCUT2D eigenvalue weighted by atomic mass is 9.78. The molecule has 2 aromatic carbocycles. The molecule has 3 rings (SSSR count). The first-order valence-electron chi connectivity index (χ1n) is 10.1.